The Morgan fingerprint density at radius 1 is 0.947 bits per heavy atom. The highest BCUT2D eigenvalue weighted by atomic mass is 35.5. The second-order valence-electron chi connectivity index (χ2n) is 9.41. The maximum atomic E-state index is 6.40. The van der Waals surface area contributed by atoms with Crippen molar-refractivity contribution in [2.75, 3.05) is 45.0 Å². The monoisotopic (exact) mass is 556 g/mol. The molecule has 0 spiro atoms. The van der Waals surface area contributed by atoms with E-state index in [1.807, 2.05) is 30.3 Å². The first-order valence-corrected chi connectivity index (χ1v) is 14.2. The molecular formula is C28H37ClN6O2S. The highest BCUT2D eigenvalue weighted by molar-refractivity contribution is 7.97. The molecule has 0 unspecified atom stereocenters. The van der Waals surface area contributed by atoms with Crippen molar-refractivity contribution in [1.82, 2.24) is 19.6 Å². The molecule has 0 atom stereocenters. The number of rotatable bonds is 9. The molecule has 2 aliphatic rings. The lowest BCUT2D eigenvalue weighted by Crippen LogP contribution is -2.18. The smallest absolute Gasteiger partial charge is 0.229 e. The maximum absolute atomic E-state index is 6.40. The number of likely N-dealkylation sites (tertiary alicyclic amines) is 1. The molecule has 5 rings (SSSR count). The van der Waals surface area contributed by atoms with Crippen molar-refractivity contribution in [3.63, 3.8) is 0 Å². The van der Waals surface area contributed by atoms with Crippen LogP contribution >= 0.6 is 23.5 Å². The van der Waals surface area contributed by atoms with Crippen LogP contribution in [0, 0.1) is 0 Å². The first kappa shape index (κ1) is 28.3. The average molecular weight is 557 g/mol. The van der Waals surface area contributed by atoms with Gasteiger partial charge in [0.1, 0.15) is 16.5 Å². The summed E-state index contributed by atoms with van der Waals surface area (Å²) in [5, 5.41) is 6.97. The van der Waals surface area contributed by atoms with E-state index in [-0.39, 0.29) is 0 Å². The highest BCUT2D eigenvalue weighted by Gasteiger charge is 2.16. The van der Waals surface area contributed by atoms with Crippen molar-refractivity contribution in [3.8, 4) is 11.5 Å². The predicted molar refractivity (Wildman–Crippen MR) is 158 cm³/mol. The van der Waals surface area contributed by atoms with Crippen LogP contribution in [0.1, 0.15) is 38.5 Å². The maximum Gasteiger partial charge on any atom is 0.229 e. The van der Waals surface area contributed by atoms with E-state index in [9.17, 15) is 0 Å². The Balaban J connectivity index is 0.000000494. The van der Waals surface area contributed by atoms with Gasteiger partial charge in [0, 0.05) is 17.0 Å². The first-order valence-electron chi connectivity index (χ1n) is 13.0. The first-order chi connectivity index (χ1) is 18.6. The Kier molecular flexibility index (Phi) is 10.7. The Hall–Kier alpha value is -2.72. The van der Waals surface area contributed by atoms with Gasteiger partial charge >= 0.3 is 0 Å². The lowest BCUT2D eigenvalue weighted by atomic mass is 10.2. The molecule has 38 heavy (non-hydrogen) atoms. The van der Waals surface area contributed by atoms with Crippen LogP contribution in [0.3, 0.4) is 0 Å². The lowest BCUT2D eigenvalue weighted by molar-refractivity contribution is 0.395. The molecule has 3 N–H and O–H groups in total. The molecule has 0 radical (unpaired) electrons. The minimum absolute atomic E-state index is 0.398. The third kappa shape index (κ3) is 8.14. The number of hydrogen-bond donors (Lipinski definition) is 3. The van der Waals surface area contributed by atoms with Crippen LogP contribution in [-0.4, -0.2) is 55.3 Å². The van der Waals surface area contributed by atoms with Crippen molar-refractivity contribution in [2.45, 2.75) is 49.5 Å². The SMILES string of the molecule is CN1CCCC1.COc1ccc(Nc2ncc(Cl)c(Nc3ccccc3SNC3CCCC3)n2)c(OC)c1. The zero-order valence-electron chi connectivity index (χ0n) is 22.3. The highest BCUT2D eigenvalue weighted by Crippen LogP contribution is 2.34. The Bertz CT molecular complexity index is 1170. The van der Waals surface area contributed by atoms with E-state index in [2.05, 4.69) is 43.3 Å². The third-order valence-corrected chi connectivity index (χ3v) is 7.86. The molecule has 1 saturated heterocycles. The number of para-hydroxylation sites is 1. The van der Waals surface area contributed by atoms with Crippen molar-refractivity contribution < 1.29 is 9.47 Å². The standard InChI is InChI=1S/C23H26ClN5O2S.C5H11N/c1-30-16-11-12-18(20(13-16)31-2)27-23-25-14-17(24)22(28-23)26-19-9-5-6-10-21(19)32-29-15-7-3-4-8-15;1-6-4-2-3-5-6/h5-6,9-15,29H,3-4,7-8H2,1-2H3,(H2,25,26,27,28);2-5H2,1H3. The summed E-state index contributed by atoms with van der Waals surface area (Å²) in [5.41, 5.74) is 1.65. The van der Waals surface area contributed by atoms with Crippen LogP contribution in [0.4, 0.5) is 23.1 Å². The van der Waals surface area contributed by atoms with Crippen molar-refractivity contribution in [3.05, 3.63) is 53.7 Å². The largest absolute Gasteiger partial charge is 0.497 e. The molecule has 0 amide bonds. The Morgan fingerprint density at radius 2 is 1.71 bits per heavy atom. The molecule has 1 saturated carbocycles. The summed E-state index contributed by atoms with van der Waals surface area (Å²) in [6.45, 7) is 2.64. The van der Waals surface area contributed by atoms with Gasteiger partial charge in [0.25, 0.3) is 0 Å². The number of nitrogens with one attached hydrogen (secondary N) is 3. The van der Waals surface area contributed by atoms with Crippen molar-refractivity contribution in [2.24, 2.45) is 0 Å². The van der Waals surface area contributed by atoms with Crippen LogP contribution in [0.25, 0.3) is 0 Å². The molecule has 2 heterocycles. The number of nitrogens with zero attached hydrogens (tertiary/aromatic N) is 3. The fraction of sp³-hybridized carbons (Fsp3) is 0.429. The molecule has 3 aromatic rings. The zero-order valence-corrected chi connectivity index (χ0v) is 23.9. The summed E-state index contributed by atoms with van der Waals surface area (Å²) < 4.78 is 14.3. The number of anilines is 4. The summed E-state index contributed by atoms with van der Waals surface area (Å²) in [4.78, 5) is 12.3. The molecule has 8 nitrogen and oxygen atoms in total. The van der Waals surface area contributed by atoms with Gasteiger partial charge in [0.05, 0.1) is 31.8 Å². The summed E-state index contributed by atoms with van der Waals surface area (Å²) in [6.07, 6.45) is 9.44. The van der Waals surface area contributed by atoms with Gasteiger partial charge in [0.15, 0.2) is 5.82 Å². The van der Waals surface area contributed by atoms with Crippen molar-refractivity contribution in [1.29, 1.82) is 0 Å². The van der Waals surface area contributed by atoms with Gasteiger partial charge in [-0.15, -0.1) is 0 Å². The van der Waals surface area contributed by atoms with E-state index in [0.29, 0.717) is 34.3 Å². The molecule has 2 fully saturated rings. The van der Waals surface area contributed by atoms with E-state index in [0.717, 1.165) is 16.3 Å². The number of ether oxygens (including phenoxy) is 2. The number of benzene rings is 2. The normalized spacial score (nSPS) is 15.6. The Morgan fingerprint density at radius 3 is 2.39 bits per heavy atom. The number of hydrogen-bond acceptors (Lipinski definition) is 9. The second kappa shape index (κ2) is 14.4. The fourth-order valence-electron chi connectivity index (χ4n) is 4.39. The summed E-state index contributed by atoms with van der Waals surface area (Å²) in [5.74, 6) is 2.24. The quantitative estimate of drug-likeness (QED) is 0.244. The van der Waals surface area contributed by atoms with E-state index >= 15 is 0 Å². The minimum atomic E-state index is 0.398. The topological polar surface area (TPSA) is 83.6 Å². The summed E-state index contributed by atoms with van der Waals surface area (Å²) >= 11 is 8.04. The predicted octanol–water partition coefficient (Wildman–Crippen LogP) is 6.89. The van der Waals surface area contributed by atoms with Crippen molar-refractivity contribution >= 4 is 46.7 Å². The third-order valence-electron chi connectivity index (χ3n) is 6.56. The van der Waals surface area contributed by atoms with Gasteiger partial charge in [-0.3, -0.25) is 4.72 Å². The van der Waals surface area contributed by atoms with E-state index < -0.39 is 0 Å². The van der Waals surface area contributed by atoms with Crippen LogP contribution in [0.5, 0.6) is 11.5 Å². The summed E-state index contributed by atoms with van der Waals surface area (Å²) in [6, 6.07) is 14.1. The number of aromatic nitrogens is 2. The number of halogens is 1. The van der Waals surface area contributed by atoms with Crippen LogP contribution in [0.2, 0.25) is 5.02 Å². The molecule has 204 valence electrons. The molecular weight excluding hydrogens is 520 g/mol. The van der Waals surface area contributed by atoms with E-state index in [1.54, 1.807) is 38.4 Å². The van der Waals surface area contributed by atoms with Crippen LogP contribution < -0.4 is 24.8 Å². The molecule has 1 aliphatic heterocycles. The zero-order chi connectivity index (χ0) is 26.7. The second-order valence-corrected chi connectivity index (χ2v) is 10.7. The molecule has 0 bridgehead atoms. The van der Waals surface area contributed by atoms with E-state index in [4.69, 9.17) is 21.1 Å². The number of methoxy groups -OCH3 is 2. The van der Waals surface area contributed by atoms with Gasteiger partial charge in [0.2, 0.25) is 5.95 Å². The molecule has 1 aliphatic carbocycles. The molecule has 10 heteroatoms. The van der Waals surface area contributed by atoms with Gasteiger partial charge in [-0.2, -0.15) is 4.98 Å². The average Bonchev–Trinajstić information content (AvgIpc) is 3.65. The van der Waals surface area contributed by atoms with E-state index in [1.165, 1.54) is 51.6 Å². The Labute approximate surface area is 235 Å². The lowest BCUT2D eigenvalue weighted by Gasteiger charge is -2.16. The molecule has 1 aromatic heterocycles. The van der Waals surface area contributed by atoms with Gasteiger partial charge < -0.3 is 25.0 Å². The molecule has 2 aromatic carbocycles. The van der Waals surface area contributed by atoms with Gasteiger partial charge in [-0.25, -0.2) is 4.98 Å². The summed E-state index contributed by atoms with van der Waals surface area (Å²) in [7, 11) is 5.39. The minimum Gasteiger partial charge on any atom is -0.497 e. The fourth-order valence-corrected chi connectivity index (χ4v) is 5.43. The van der Waals surface area contributed by atoms with Gasteiger partial charge in [-0.1, -0.05) is 36.6 Å². The van der Waals surface area contributed by atoms with Gasteiger partial charge in [-0.05, 0) is 82.0 Å². The van der Waals surface area contributed by atoms with Crippen LogP contribution in [0.15, 0.2) is 53.6 Å². The van der Waals surface area contributed by atoms with Crippen LogP contribution in [-0.2, 0) is 0 Å².